The number of carbonyl (C=O) groups excluding carboxylic acids is 4. The molecule has 0 rings (SSSR count). The minimum absolute atomic E-state index is 0.166. The molecule has 0 aromatic heterocycles. The van der Waals surface area contributed by atoms with Gasteiger partial charge in [-0.25, -0.2) is 9.59 Å². The smallest absolute Gasteiger partial charge is 0.407 e. The number of nitrogens with one attached hydrogen (secondary N) is 2. The van der Waals surface area contributed by atoms with E-state index in [-0.39, 0.29) is 63.5 Å². The SMILES string of the molecule is CCCCCCCCCCCCCCCCCC(=O)OCC(COC(=O)NCCOCCOCCNC(=O)OC(C)(C)CCOC(C)(C)C)OC(=O)CCCCCCCCCCCCCCCCC. The van der Waals surface area contributed by atoms with Gasteiger partial charge in [-0.2, -0.15) is 0 Å². The first-order valence-electron chi connectivity index (χ1n) is 28.3. The summed E-state index contributed by atoms with van der Waals surface area (Å²) in [6.07, 6.45) is 36.5. The van der Waals surface area contributed by atoms with Gasteiger partial charge >= 0.3 is 24.1 Å². The van der Waals surface area contributed by atoms with Gasteiger partial charge in [0.05, 0.1) is 38.6 Å². The topological polar surface area (TPSA) is 157 Å². The van der Waals surface area contributed by atoms with Gasteiger partial charge in [-0.3, -0.25) is 9.59 Å². The molecule has 0 radical (unpaired) electrons. The highest BCUT2D eigenvalue weighted by Gasteiger charge is 2.24. The van der Waals surface area contributed by atoms with Crippen LogP contribution in [0.15, 0.2) is 0 Å². The number of carbonyl (C=O) groups is 4. The summed E-state index contributed by atoms with van der Waals surface area (Å²) in [7, 11) is 0. The second kappa shape index (κ2) is 47.7. The second-order valence-electron chi connectivity index (χ2n) is 20.7. The van der Waals surface area contributed by atoms with Crippen LogP contribution in [0.25, 0.3) is 0 Å². The number of alkyl carbamates (subject to hydrolysis) is 2. The molecular weight excluding hydrogens is 877 g/mol. The van der Waals surface area contributed by atoms with Crippen molar-refractivity contribution in [3.63, 3.8) is 0 Å². The number of ether oxygens (including phenoxy) is 7. The average molecular weight is 985 g/mol. The van der Waals surface area contributed by atoms with Crippen LogP contribution < -0.4 is 10.6 Å². The zero-order valence-electron chi connectivity index (χ0n) is 45.8. The number of amides is 2. The molecular formula is C56H108N2O11. The summed E-state index contributed by atoms with van der Waals surface area (Å²) < 4.78 is 38.8. The molecule has 0 saturated heterocycles. The first-order valence-corrected chi connectivity index (χ1v) is 28.3. The third-order valence-corrected chi connectivity index (χ3v) is 12.1. The number of hydrogen-bond donors (Lipinski definition) is 2. The number of hydrogen-bond acceptors (Lipinski definition) is 11. The van der Waals surface area contributed by atoms with Crippen LogP contribution in [0.5, 0.6) is 0 Å². The van der Waals surface area contributed by atoms with Crippen molar-refractivity contribution in [1.82, 2.24) is 10.6 Å². The van der Waals surface area contributed by atoms with Gasteiger partial charge in [-0.1, -0.05) is 194 Å². The van der Waals surface area contributed by atoms with Crippen LogP contribution in [-0.2, 0) is 42.7 Å². The third kappa shape index (κ3) is 51.5. The van der Waals surface area contributed by atoms with E-state index >= 15 is 0 Å². The molecule has 13 nitrogen and oxygen atoms in total. The molecule has 2 amide bonds. The number of rotatable bonds is 50. The van der Waals surface area contributed by atoms with Crippen molar-refractivity contribution in [2.45, 2.75) is 278 Å². The van der Waals surface area contributed by atoms with Gasteiger partial charge in [-0.05, 0) is 47.5 Å². The fourth-order valence-corrected chi connectivity index (χ4v) is 7.83. The van der Waals surface area contributed by atoms with Crippen molar-refractivity contribution in [1.29, 1.82) is 0 Å². The number of esters is 2. The van der Waals surface area contributed by atoms with E-state index < -0.39 is 23.9 Å². The number of unbranched alkanes of at least 4 members (excludes halogenated alkanes) is 28. The molecule has 69 heavy (non-hydrogen) atoms. The van der Waals surface area contributed by atoms with Gasteiger partial charge < -0.3 is 43.8 Å². The van der Waals surface area contributed by atoms with Crippen LogP contribution in [0, 0.1) is 0 Å². The lowest BCUT2D eigenvalue weighted by Gasteiger charge is -2.27. The van der Waals surface area contributed by atoms with E-state index in [4.69, 9.17) is 33.2 Å². The van der Waals surface area contributed by atoms with Crippen molar-refractivity contribution < 1.29 is 52.3 Å². The monoisotopic (exact) mass is 985 g/mol. The summed E-state index contributed by atoms with van der Waals surface area (Å²) in [5.41, 5.74) is -0.912. The molecule has 0 heterocycles. The van der Waals surface area contributed by atoms with Gasteiger partial charge in [0.1, 0.15) is 18.8 Å². The van der Waals surface area contributed by atoms with Crippen LogP contribution in [-0.4, -0.2) is 101 Å². The molecule has 0 spiro atoms. The van der Waals surface area contributed by atoms with Crippen molar-refractivity contribution in [2.24, 2.45) is 0 Å². The summed E-state index contributed by atoms with van der Waals surface area (Å²) >= 11 is 0. The fraction of sp³-hybridized carbons (Fsp3) is 0.929. The Morgan fingerprint density at radius 2 is 0.783 bits per heavy atom. The molecule has 1 unspecified atom stereocenters. The van der Waals surface area contributed by atoms with Crippen LogP contribution in [0.2, 0.25) is 0 Å². The minimum Gasteiger partial charge on any atom is -0.462 e. The summed E-state index contributed by atoms with van der Waals surface area (Å²) in [5, 5.41) is 5.31. The Morgan fingerprint density at radius 3 is 1.19 bits per heavy atom. The van der Waals surface area contributed by atoms with E-state index in [0.29, 0.717) is 32.7 Å². The lowest BCUT2D eigenvalue weighted by Crippen LogP contribution is -2.37. The van der Waals surface area contributed by atoms with Crippen molar-refractivity contribution in [3.05, 3.63) is 0 Å². The second-order valence-corrected chi connectivity index (χ2v) is 20.7. The van der Waals surface area contributed by atoms with Crippen molar-refractivity contribution >= 4 is 24.1 Å². The third-order valence-electron chi connectivity index (χ3n) is 12.1. The zero-order chi connectivity index (χ0) is 50.9. The largest absolute Gasteiger partial charge is 0.462 e. The van der Waals surface area contributed by atoms with Gasteiger partial charge in [0.15, 0.2) is 6.10 Å². The molecule has 1 atom stereocenters. The van der Waals surface area contributed by atoms with E-state index in [1.807, 2.05) is 34.6 Å². The van der Waals surface area contributed by atoms with Gasteiger partial charge in [-0.15, -0.1) is 0 Å². The Hall–Kier alpha value is -2.64. The molecule has 0 aliphatic carbocycles. The van der Waals surface area contributed by atoms with Gasteiger partial charge in [0.2, 0.25) is 0 Å². The van der Waals surface area contributed by atoms with Crippen LogP contribution >= 0.6 is 0 Å². The van der Waals surface area contributed by atoms with Gasteiger partial charge in [0.25, 0.3) is 0 Å². The molecule has 13 heteroatoms. The average Bonchev–Trinajstić information content (AvgIpc) is 3.29. The highest BCUT2D eigenvalue weighted by Crippen LogP contribution is 2.18. The lowest BCUT2D eigenvalue weighted by molar-refractivity contribution is -0.161. The molecule has 0 fully saturated rings. The molecule has 408 valence electrons. The fourth-order valence-electron chi connectivity index (χ4n) is 7.83. The summed E-state index contributed by atoms with van der Waals surface area (Å²) in [6.45, 7) is 15.9. The minimum atomic E-state index is -0.895. The zero-order valence-corrected chi connectivity index (χ0v) is 45.8. The van der Waals surface area contributed by atoms with E-state index in [1.54, 1.807) is 0 Å². The first kappa shape index (κ1) is 66.4. The first-order chi connectivity index (χ1) is 33.3. The quantitative estimate of drug-likeness (QED) is 0.0340. The van der Waals surface area contributed by atoms with E-state index in [1.165, 1.54) is 154 Å². The Bertz CT molecular complexity index is 1200. The maximum Gasteiger partial charge on any atom is 0.407 e. The molecule has 2 N–H and O–H groups in total. The predicted octanol–water partition coefficient (Wildman–Crippen LogP) is 14.4. The Labute approximate surface area is 422 Å². The van der Waals surface area contributed by atoms with Gasteiger partial charge in [0, 0.05) is 32.4 Å². The summed E-state index contributed by atoms with van der Waals surface area (Å²) in [5.74, 6) is -0.722. The Kier molecular flexibility index (Phi) is 45.8. The lowest BCUT2D eigenvalue weighted by atomic mass is 10.0. The van der Waals surface area contributed by atoms with E-state index in [2.05, 4.69) is 24.5 Å². The van der Waals surface area contributed by atoms with E-state index in [9.17, 15) is 19.2 Å². The standard InChI is InChI=1S/C56H108N2O11/c1-8-10-12-14-16-18-20-22-24-26-28-30-32-34-36-38-51(59)65-48-50(68-52(60)39-37-35-33-31-29-27-25-23-21-19-17-15-13-11-9-2)49-66-53(61)57-41-44-63-46-47-64-45-42-58-54(62)69-56(6,7)40-43-67-55(3,4)5/h50H,8-49H2,1-7H3,(H,57,61)(H,58,62). The normalized spacial score (nSPS) is 12.2. The molecule has 0 aliphatic rings. The molecule has 0 bridgehead atoms. The maximum absolute atomic E-state index is 12.8. The highest BCUT2D eigenvalue weighted by molar-refractivity contribution is 5.70. The summed E-state index contributed by atoms with van der Waals surface area (Å²) in [6, 6.07) is 0. The maximum atomic E-state index is 12.8. The molecule has 0 aromatic rings. The predicted molar refractivity (Wildman–Crippen MR) is 280 cm³/mol. The van der Waals surface area contributed by atoms with Crippen molar-refractivity contribution in [2.75, 3.05) is 59.3 Å². The van der Waals surface area contributed by atoms with Crippen LogP contribution in [0.3, 0.4) is 0 Å². The molecule has 0 aromatic carbocycles. The Morgan fingerprint density at radius 1 is 0.420 bits per heavy atom. The Balaban J connectivity index is 4.42. The summed E-state index contributed by atoms with van der Waals surface area (Å²) in [4.78, 5) is 50.1. The molecule has 0 aliphatic heterocycles. The highest BCUT2D eigenvalue weighted by atomic mass is 16.6. The van der Waals surface area contributed by atoms with E-state index in [0.717, 1.165) is 38.5 Å². The van der Waals surface area contributed by atoms with Crippen molar-refractivity contribution in [3.8, 4) is 0 Å². The molecule has 0 saturated carbocycles. The van der Waals surface area contributed by atoms with Crippen LogP contribution in [0.4, 0.5) is 9.59 Å². The van der Waals surface area contributed by atoms with Crippen LogP contribution in [0.1, 0.15) is 260 Å².